The zero-order chi connectivity index (χ0) is 15.7. The first-order valence-electron chi connectivity index (χ1n) is 7.17. The Morgan fingerprint density at radius 2 is 1.67 bits per heavy atom. The van der Waals surface area contributed by atoms with Gasteiger partial charge in [-0.2, -0.15) is 13.2 Å². The second-order valence-electron chi connectivity index (χ2n) is 5.86. The number of Topliss-reactive ketones (excluding diaryl/α,β-unsaturated/α-hetero) is 1. The number of carbonyl (C=O) groups is 1. The number of hydrogen-bond acceptors (Lipinski definition) is 2. The lowest BCUT2D eigenvalue weighted by atomic mass is 9.75. The Morgan fingerprint density at radius 3 is 2.19 bits per heavy atom. The molecule has 0 aliphatic heterocycles. The normalized spacial score (nSPS) is 18.8. The summed E-state index contributed by atoms with van der Waals surface area (Å²) in [5.74, 6) is -0.403. The highest BCUT2D eigenvalue weighted by atomic mass is 19.4. The van der Waals surface area contributed by atoms with Crippen molar-refractivity contribution in [1.29, 1.82) is 0 Å². The maximum atomic E-state index is 13.1. The predicted octanol–water partition coefficient (Wildman–Crippen LogP) is 4.15. The SMILES string of the molecule is CN(C)C1(C(=O)c2ccccc2C(F)(F)F)CCCCC1. The lowest BCUT2D eigenvalue weighted by Crippen LogP contribution is -2.52. The van der Waals surface area contributed by atoms with Gasteiger partial charge in [-0.05, 0) is 33.0 Å². The molecule has 21 heavy (non-hydrogen) atoms. The van der Waals surface area contributed by atoms with Crippen molar-refractivity contribution in [3.8, 4) is 0 Å². The van der Waals surface area contributed by atoms with Gasteiger partial charge in [-0.25, -0.2) is 0 Å². The van der Waals surface area contributed by atoms with E-state index in [9.17, 15) is 18.0 Å². The molecule has 5 heteroatoms. The summed E-state index contributed by atoms with van der Waals surface area (Å²) in [6, 6.07) is 5.10. The van der Waals surface area contributed by atoms with Crippen LogP contribution in [-0.2, 0) is 6.18 Å². The molecule has 0 unspecified atom stereocenters. The molecule has 1 aromatic rings. The minimum absolute atomic E-state index is 0.208. The molecule has 0 aromatic heterocycles. The highest BCUT2D eigenvalue weighted by Gasteiger charge is 2.45. The Balaban J connectivity index is 2.48. The molecule has 1 aromatic carbocycles. The van der Waals surface area contributed by atoms with E-state index in [1.807, 2.05) is 0 Å². The van der Waals surface area contributed by atoms with Gasteiger partial charge in [0, 0.05) is 5.56 Å². The van der Waals surface area contributed by atoms with Gasteiger partial charge in [0.2, 0.25) is 0 Å². The van der Waals surface area contributed by atoms with Crippen LogP contribution in [0.25, 0.3) is 0 Å². The standard InChI is InChI=1S/C16H20F3NO/c1-20(2)15(10-6-3-7-11-15)14(21)12-8-4-5-9-13(12)16(17,18)19/h4-5,8-9H,3,6-7,10-11H2,1-2H3. The highest BCUT2D eigenvalue weighted by Crippen LogP contribution is 2.39. The summed E-state index contributed by atoms with van der Waals surface area (Å²) in [4.78, 5) is 14.7. The zero-order valence-electron chi connectivity index (χ0n) is 12.3. The van der Waals surface area contributed by atoms with Crippen molar-refractivity contribution in [2.45, 2.75) is 43.8 Å². The molecule has 0 saturated heterocycles. The molecule has 0 atom stereocenters. The first kappa shape index (κ1) is 16.0. The number of likely N-dealkylation sites (N-methyl/N-ethyl adjacent to an activating group) is 1. The lowest BCUT2D eigenvalue weighted by Gasteiger charge is -2.41. The summed E-state index contributed by atoms with van der Waals surface area (Å²) in [6.07, 6.45) is -0.496. The fraction of sp³-hybridized carbons (Fsp3) is 0.562. The highest BCUT2D eigenvalue weighted by molar-refractivity contribution is 6.04. The van der Waals surface area contributed by atoms with Crippen LogP contribution in [0.5, 0.6) is 0 Å². The number of nitrogens with zero attached hydrogens (tertiary/aromatic N) is 1. The van der Waals surface area contributed by atoms with Crippen molar-refractivity contribution in [3.05, 3.63) is 35.4 Å². The van der Waals surface area contributed by atoms with Crippen molar-refractivity contribution in [3.63, 3.8) is 0 Å². The Morgan fingerprint density at radius 1 is 1.10 bits per heavy atom. The van der Waals surface area contributed by atoms with Crippen molar-refractivity contribution in [2.75, 3.05) is 14.1 Å². The first-order valence-corrected chi connectivity index (χ1v) is 7.17. The van der Waals surface area contributed by atoms with Gasteiger partial charge >= 0.3 is 6.18 Å². The molecular weight excluding hydrogens is 279 g/mol. The summed E-state index contributed by atoms with van der Waals surface area (Å²) < 4.78 is 39.4. The largest absolute Gasteiger partial charge is 0.417 e. The van der Waals surface area contributed by atoms with Gasteiger partial charge in [0.1, 0.15) is 0 Å². The molecule has 0 spiro atoms. The number of alkyl halides is 3. The number of benzene rings is 1. The topological polar surface area (TPSA) is 20.3 Å². The van der Waals surface area contributed by atoms with Gasteiger partial charge in [0.25, 0.3) is 0 Å². The third-order valence-corrected chi connectivity index (χ3v) is 4.44. The quantitative estimate of drug-likeness (QED) is 0.781. The molecule has 2 nitrogen and oxygen atoms in total. The summed E-state index contributed by atoms with van der Waals surface area (Å²) >= 11 is 0. The molecule has 0 radical (unpaired) electrons. The maximum Gasteiger partial charge on any atom is 0.417 e. The van der Waals surface area contributed by atoms with E-state index in [2.05, 4.69) is 0 Å². The fourth-order valence-electron chi connectivity index (χ4n) is 3.19. The van der Waals surface area contributed by atoms with E-state index in [1.54, 1.807) is 19.0 Å². The van der Waals surface area contributed by atoms with Crippen LogP contribution < -0.4 is 0 Å². The molecule has 1 aliphatic carbocycles. The number of halogens is 3. The molecule has 1 fully saturated rings. The van der Waals surface area contributed by atoms with Crippen molar-refractivity contribution >= 4 is 5.78 Å². The monoisotopic (exact) mass is 299 g/mol. The van der Waals surface area contributed by atoms with Crippen LogP contribution in [0, 0.1) is 0 Å². The average molecular weight is 299 g/mol. The Labute approximate surface area is 122 Å². The van der Waals surface area contributed by atoms with Gasteiger partial charge in [-0.1, -0.05) is 37.5 Å². The van der Waals surface area contributed by atoms with Gasteiger partial charge in [0.15, 0.2) is 5.78 Å². The first-order chi connectivity index (χ1) is 9.79. The van der Waals surface area contributed by atoms with Crippen molar-refractivity contribution in [1.82, 2.24) is 4.90 Å². The third-order valence-electron chi connectivity index (χ3n) is 4.44. The molecule has 0 heterocycles. The number of ketones is 1. The van der Waals surface area contributed by atoms with Crippen LogP contribution in [0.4, 0.5) is 13.2 Å². The lowest BCUT2D eigenvalue weighted by molar-refractivity contribution is -0.138. The van der Waals surface area contributed by atoms with Crippen LogP contribution in [0.2, 0.25) is 0 Å². The van der Waals surface area contributed by atoms with Crippen LogP contribution >= 0.6 is 0 Å². The molecule has 1 aliphatic rings. The van der Waals surface area contributed by atoms with E-state index in [1.165, 1.54) is 18.2 Å². The molecule has 0 N–H and O–H groups in total. The van der Waals surface area contributed by atoms with E-state index in [-0.39, 0.29) is 5.56 Å². The van der Waals surface area contributed by atoms with E-state index >= 15 is 0 Å². The van der Waals surface area contributed by atoms with Crippen molar-refractivity contribution in [2.24, 2.45) is 0 Å². The number of rotatable bonds is 3. The molecule has 2 rings (SSSR count). The van der Waals surface area contributed by atoms with Crippen LogP contribution in [-0.4, -0.2) is 30.3 Å². The Bertz CT molecular complexity index is 516. The molecule has 0 amide bonds. The van der Waals surface area contributed by atoms with Crippen LogP contribution in [0.1, 0.15) is 48.0 Å². The van der Waals surface area contributed by atoms with E-state index in [0.29, 0.717) is 12.8 Å². The fourth-order valence-corrected chi connectivity index (χ4v) is 3.19. The molecule has 1 saturated carbocycles. The molecular formula is C16H20F3NO. The average Bonchev–Trinajstić information content (AvgIpc) is 2.46. The van der Waals surface area contributed by atoms with E-state index < -0.39 is 23.1 Å². The number of hydrogen-bond donors (Lipinski definition) is 0. The smallest absolute Gasteiger partial charge is 0.297 e. The predicted molar refractivity (Wildman–Crippen MR) is 75.3 cm³/mol. The van der Waals surface area contributed by atoms with Gasteiger partial charge in [0.05, 0.1) is 11.1 Å². The summed E-state index contributed by atoms with van der Waals surface area (Å²) in [6.45, 7) is 0. The minimum Gasteiger partial charge on any atom is -0.297 e. The summed E-state index contributed by atoms with van der Waals surface area (Å²) in [5, 5.41) is 0. The Hall–Kier alpha value is -1.36. The summed E-state index contributed by atoms with van der Waals surface area (Å²) in [5.41, 5.74) is -1.85. The zero-order valence-corrected chi connectivity index (χ0v) is 12.3. The molecule has 0 bridgehead atoms. The van der Waals surface area contributed by atoms with E-state index in [4.69, 9.17) is 0 Å². The Kier molecular flexibility index (Phi) is 4.42. The second kappa shape index (κ2) is 5.79. The van der Waals surface area contributed by atoms with E-state index in [0.717, 1.165) is 25.3 Å². The van der Waals surface area contributed by atoms with Crippen molar-refractivity contribution < 1.29 is 18.0 Å². The third kappa shape index (κ3) is 2.98. The minimum atomic E-state index is -4.51. The van der Waals surface area contributed by atoms with Gasteiger partial charge in [-0.3, -0.25) is 9.69 Å². The second-order valence-corrected chi connectivity index (χ2v) is 5.86. The maximum absolute atomic E-state index is 13.1. The van der Waals surface area contributed by atoms with Crippen LogP contribution in [0.15, 0.2) is 24.3 Å². The molecule has 116 valence electrons. The van der Waals surface area contributed by atoms with Gasteiger partial charge < -0.3 is 0 Å². The van der Waals surface area contributed by atoms with Gasteiger partial charge in [-0.15, -0.1) is 0 Å². The van der Waals surface area contributed by atoms with Crippen LogP contribution in [0.3, 0.4) is 0 Å². The summed E-state index contributed by atoms with van der Waals surface area (Å²) in [7, 11) is 3.55. The number of carbonyl (C=O) groups excluding carboxylic acids is 1.